The number of rotatable bonds is 4. The number of aryl methyl sites for hydroxylation is 1. The summed E-state index contributed by atoms with van der Waals surface area (Å²) < 4.78 is 66.5. The van der Waals surface area contributed by atoms with E-state index < -0.39 is 21.8 Å². The van der Waals surface area contributed by atoms with Crippen molar-refractivity contribution in [2.45, 2.75) is 24.4 Å². The van der Waals surface area contributed by atoms with Crippen molar-refractivity contribution < 1.29 is 21.6 Å². The van der Waals surface area contributed by atoms with Gasteiger partial charge >= 0.3 is 6.18 Å². The van der Waals surface area contributed by atoms with Crippen molar-refractivity contribution in [1.29, 1.82) is 0 Å². The van der Waals surface area contributed by atoms with Crippen LogP contribution < -0.4 is 5.14 Å². The molecule has 4 rings (SSSR count). The molecule has 0 spiro atoms. The molecule has 0 radical (unpaired) electrons. The molecule has 0 aliphatic heterocycles. The van der Waals surface area contributed by atoms with Crippen LogP contribution in [0.3, 0.4) is 0 Å². The molecule has 0 bridgehead atoms. The lowest BCUT2D eigenvalue weighted by molar-refractivity contribution is -0.137. The number of benzene rings is 2. The molecule has 6 nitrogen and oxygen atoms in total. The largest absolute Gasteiger partial charge is 0.416 e. The monoisotopic (exact) mass is 448 g/mol. The summed E-state index contributed by atoms with van der Waals surface area (Å²) in [5, 5.41) is 5.92. The fourth-order valence-corrected chi connectivity index (χ4v) is 4.30. The van der Waals surface area contributed by atoms with Gasteiger partial charge in [-0.1, -0.05) is 6.92 Å². The molecular weight excluding hydrogens is 429 g/mol. The molecule has 0 amide bonds. The molecule has 31 heavy (non-hydrogen) atoms. The van der Waals surface area contributed by atoms with E-state index in [1.54, 1.807) is 23.2 Å². The Bertz CT molecular complexity index is 1380. The number of hydrogen-bond donors (Lipinski definition) is 1. The van der Waals surface area contributed by atoms with Crippen LogP contribution in [0.15, 0.2) is 59.9 Å². The van der Waals surface area contributed by atoms with Crippen molar-refractivity contribution >= 4 is 20.9 Å². The molecule has 0 unspecified atom stereocenters. The number of halogens is 3. The number of sulfonamides is 1. The highest BCUT2D eigenvalue weighted by Gasteiger charge is 2.30. The summed E-state index contributed by atoms with van der Waals surface area (Å²) in [5.74, 6) is 0. The first-order valence-corrected chi connectivity index (χ1v) is 10.9. The second-order valence-corrected chi connectivity index (χ2v) is 8.77. The van der Waals surface area contributed by atoms with Crippen molar-refractivity contribution in [2.24, 2.45) is 12.2 Å². The lowest BCUT2D eigenvalue weighted by Gasteiger charge is -2.13. The van der Waals surface area contributed by atoms with Crippen LogP contribution in [0.4, 0.5) is 13.2 Å². The Labute approximate surface area is 176 Å². The van der Waals surface area contributed by atoms with Gasteiger partial charge < -0.3 is 9.13 Å². The number of imidazole rings is 1. The average molecular weight is 448 g/mol. The Morgan fingerprint density at radius 3 is 2.29 bits per heavy atom. The minimum atomic E-state index is -4.44. The Morgan fingerprint density at radius 1 is 1.10 bits per heavy atom. The van der Waals surface area contributed by atoms with Gasteiger partial charge in [-0.25, -0.2) is 18.5 Å². The van der Waals surface area contributed by atoms with Crippen LogP contribution >= 0.6 is 0 Å². The highest BCUT2D eigenvalue weighted by atomic mass is 32.2. The number of alkyl halides is 3. The molecule has 2 heterocycles. The van der Waals surface area contributed by atoms with E-state index in [0.717, 1.165) is 17.8 Å². The summed E-state index contributed by atoms with van der Waals surface area (Å²) in [6.45, 7) is 1.92. The van der Waals surface area contributed by atoms with E-state index in [1.807, 2.05) is 18.5 Å². The molecular formula is C21H19F3N4O2S. The number of fused-ring (bicyclic) bond motifs is 1. The highest BCUT2D eigenvalue weighted by molar-refractivity contribution is 7.89. The van der Waals surface area contributed by atoms with Gasteiger partial charge in [0.1, 0.15) is 0 Å². The van der Waals surface area contributed by atoms with E-state index in [0.29, 0.717) is 34.3 Å². The maximum atomic E-state index is 13.0. The van der Waals surface area contributed by atoms with Crippen LogP contribution in [-0.2, 0) is 29.7 Å². The Morgan fingerprint density at radius 2 is 1.77 bits per heavy atom. The summed E-state index contributed by atoms with van der Waals surface area (Å²) in [6, 6.07) is 9.33. The predicted octanol–water partition coefficient (Wildman–Crippen LogP) is 4.26. The second-order valence-electron chi connectivity index (χ2n) is 7.20. The van der Waals surface area contributed by atoms with E-state index in [2.05, 4.69) is 4.98 Å². The number of nitrogens with zero attached hydrogens (tertiary/aromatic N) is 3. The molecule has 2 aromatic heterocycles. The molecule has 2 N–H and O–H groups in total. The van der Waals surface area contributed by atoms with Crippen LogP contribution in [0, 0.1) is 0 Å². The van der Waals surface area contributed by atoms with Crippen molar-refractivity contribution in [3.05, 3.63) is 66.2 Å². The minimum absolute atomic E-state index is 0.0515. The topological polar surface area (TPSA) is 82.9 Å². The van der Waals surface area contributed by atoms with Crippen LogP contribution in [0.1, 0.15) is 18.2 Å². The predicted molar refractivity (Wildman–Crippen MR) is 111 cm³/mol. The normalized spacial score (nSPS) is 12.6. The smallest absolute Gasteiger partial charge is 0.340 e. The van der Waals surface area contributed by atoms with E-state index in [9.17, 15) is 21.6 Å². The van der Waals surface area contributed by atoms with Crippen LogP contribution in [0.2, 0.25) is 0 Å². The van der Waals surface area contributed by atoms with Crippen LogP contribution in [0.25, 0.3) is 27.8 Å². The second kappa shape index (κ2) is 7.24. The van der Waals surface area contributed by atoms with Gasteiger partial charge in [0.15, 0.2) is 0 Å². The summed E-state index contributed by atoms with van der Waals surface area (Å²) in [7, 11) is -2.13. The molecule has 0 aliphatic carbocycles. The Balaban J connectivity index is 2.06. The summed E-state index contributed by atoms with van der Waals surface area (Å²) in [5.41, 5.74) is 2.56. The zero-order valence-corrected chi connectivity index (χ0v) is 17.5. The van der Waals surface area contributed by atoms with Gasteiger partial charge in [-0.05, 0) is 48.9 Å². The first-order chi connectivity index (χ1) is 14.5. The van der Waals surface area contributed by atoms with Crippen molar-refractivity contribution in [1.82, 2.24) is 14.1 Å². The van der Waals surface area contributed by atoms with E-state index in [-0.39, 0.29) is 4.90 Å². The van der Waals surface area contributed by atoms with Gasteiger partial charge in [0.25, 0.3) is 0 Å². The third kappa shape index (κ3) is 3.72. The highest BCUT2D eigenvalue weighted by Crippen LogP contribution is 2.38. The molecule has 10 heteroatoms. The van der Waals surface area contributed by atoms with E-state index >= 15 is 0 Å². The van der Waals surface area contributed by atoms with Gasteiger partial charge in [0, 0.05) is 35.6 Å². The third-order valence-corrected chi connectivity index (χ3v) is 6.03. The van der Waals surface area contributed by atoms with Crippen LogP contribution in [-0.4, -0.2) is 22.5 Å². The fraction of sp³-hybridized carbons (Fsp3) is 0.190. The lowest BCUT2D eigenvalue weighted by atomic mass is 10.1. The van der Waals surface area contributed by atoms with Crippen molar-refractivity contribution in [2.75, 3.05) is 0 Å². The van der Waals surface area contributed by atoms with Crippen molar-refractivity contribution in [3.8, 4) is 16.9 Å². The van der Waals surface area contributed by atoms with Gasteiger partial charge in [-0.3, -0.25) is 0 Å². The van der Waals surface area contributed by atoms with E-state index in [1.165, 1.54) is 24.3 Å². The molecule has 162 valence electrons. The first kappa shape index (κ1) is 21.1. The molecule has 2 aromatic carbocycles. The number of hydrogen-bond acceptors (Lipinski definition) is 3. The molecule has 0 fully saturated rings. The first-order valence-electron chi connectivity index (χ1n) is 9.37. The van der Waals surface area contributed by atoms with Crippen LogP contribution in [0.5, 0.6) is 0 Å². The summed E-state index contributed by atoms with van der Waals surface area (Å²) >= 11 is 0. The Hall–Kier alpha value is -3.11. The van der Waals surface area contributed by atoms with E-state index in [4.69, 9.17) is 5.14 Å². The molecule has 0 saturated carbocycles. The average Bonchev–Trinajstić information content (AvgIpc) is 3.26. The van der Waals surface area contributed by atoms with Gasteiger partial charge in [-0.15, -0.1) is 0 Å². The maximum absolute atomic E-state index is 13.0. The minimum Gasteiger partial charge on any atom is -0.340 e. The zero-order valence-electron chi connectivity index (χ0n) is 16.7. The molecule has 0 aliphatic rings. The number of nitrogens with two attached hydrogens (primary N) is 1. The molecule has 4 aromatic rings. The quantitative estimate of drug-likeness (QED) is 0.506. The summed E-state index contributed by atoms with van der Waals surface area (Å²) in [6.07, 6.45) is -0.477. The number of primary sulfonamides is 1. The molecule has 0 atom stereocenters. The lowest BCUT2D eigenvalue weighted by Crippen LogP contribution is -2.11. The third-order valence-electron chi connectivity index (χ3n) is 5.11. The van der Waals surface area contributed by atoms with Crippen molar-refractivity contribution in [3.63, 3.8) is 0 Å². The van der Waals surface area contributed by atoms with Gasteiger partial charge in [-0.2, -0.15) is 13.2 Å². The maximum Gasteiger partial charge on any atom is 0.416 e. The number of aromatic nitrogens is 3. The van der Waals surface area contributed by atoms with Gasteiger partial charge in [0.2, 0.25) is 10.0 Å². The molecule has 0 saturated heterocycles. The standard InChI is InChI=1S/C21H19F3N4O2S/c1-3-18-20(17-11-27(2)12-26-17)16-10-15(31(25,29)30)8-9-19(16)28(18)14-6-4-13(5-7-14)21(22,23)24/h4-12H,3H2,1-2H3,(H2,25,29,30). The summed E-state index contributed by atoms with van der Waals surface area (Å²) in [4.78, 5) is 4.36. The zero-order chi connectivity index (χ0) is 22.6. The Kier molecular flexibility index (Phi) is 4.94. The SMILES string of the molecule is CCc1c(-c2cn(C)cn2)c2cc(S(N)(=O)=O)ccc2n1-c1ccc(C(F)(F)F)cc1. The van der Waals surface area contributed by atoms with Gasteiger partial charge in [0.05, 0.1) is 28.0 Å². The fourth-order valence-electron chi connectivity index (χ4n) is 3.76.